The summed E-state index contributed by atoms with van der Waals surface area (Å²) in [5, 5.41) is 5.16. The van der Waals surface area contributed by atoms with E-state index in [1.807, 2.05) is 69.5 Å². The van der Waals surface area contributed by atoms with Crippen LogP contribution in [0.4, 0.5) is 19.2 Å². The van der Waals surface area contributed by atoms with Crippen molar-refractivity contribution < 1.29 is 65.6 Å². The second-order valence-corrected chi connectivity index (χ2v) is 27.7. The van der Waals surface area contributed by atoms with E-state index in [-0.39, 0.29) is 93.6 Å². The van der Waals surface area contributed by atoms with E-state index in [1.54, 1.807) is 31.9 Å². The highest BCUT2D eigenvalue weighted by atomic mass is 35.5. The van der Waals surface area contributed by atoms with Gasteiger partial charge in [-0.05, 0) is 165 Å². The number of likely N-dealkylation sites (tertiary alicyclic amines) is 2. The zero-order valence-corrected chi connectivity index (χ0v) is 51.2. The Kier molecular flexibility index (Phi) is 18.8. The van der Waals surface area contributed by atoms with Crippen LogP contribution < -0.4 is 11.1 Å². The fraction of sp³-hybridized carbons (Fsp3) is 0.672. The molecule has 10 fully saturated rings. The third kappa shape index (κ3) is 13.0. The van der Waals surface area contributed by atoms with Crippen LogP contribution in [0.25, 0.3) is 21.9 Å². The molecule has 83 heavy (non-hydrogen) atoms. The number of fused-ring (bicyclic) bond motifs is 2. The molecule has 18 nitrogen and oxygen atoms in total. The van der Waals surface area contributed by atoms with Gasteiger partial charge in [0.05, 0.1) is 54.0 Å². The quantitative estimate of drug-likeness (QED) is 0.0812. The molecule has 14 rings (SSSR count). The van der Waals surface area contributed by atoms with Crippen LogP contribution in [-0.2, 0) is 50.4 Å². The number of para-hydroxylation sites is 2. The Morgan fingerprint density at radius 1 is 0.675 bits per heavy atom. The van der Waals surface area contributed by atoms with E-state index in [1.165, 1.54) is 11.3 Å². The van der Waals surface area contributed by atoms with E-state index >= 15 is 0 Å². The second-order valence-electron chi connectivity index (χ2n) is 27.4. The number of ether oxygens (including phenoxy) is 4. The molecule has 4 bridgehead atoms. The molecule has 4 saturated heterocycles. The lowest BCUT2D eigenvalue weighted by Crippen LogP contribution is -2.65. The molecule has 10 aliphatic rings. The van der Waals surface area contributed by atoms with Crippen LogP contribution in [-0.4, -0.2) is 133 Å². The molecule has 0 unspecified atom stereocenters. The van der Waals surface area contributed by atoms with E-state index in [2.05, 4.69) is 57.7 Å². The largest absolute Gasteiger partial charge is 0.482 e. The van der Waals surface area contributed by atoms with Gasteiger partial charge >= 0.3 is 37.9 Å². The van der Waals surface area contributed by atoms with Gasteiger partial charge in [0, 0.05) is 41.4 Å². The molecule has 6 heterocycles. The maximum absolute atomic E-state index is 13.1. The van der Waals surface area contributed by atoms with E-state index in [0.717, 1.165) is 71.1 Å². The number of alkyl carbamates (subject to hydrolysis) is 1. The molecular weight excluding hydrogens is 1110 g/mol. The first-order valence-corrected chi connectivity index (χ1v) is 29.5. The van der Waals surface area contributed by atoms with Crippen molar-refractivity contribution in [2.45, 2.75) is 200 Å². The average Bonchev–Trinajstić information content (AvgIpc) is 1.76. The summed E-state index contributed by atoms with van der Waals surface area (Å²) in [5.74, 6) is 1.68. The highest BCUT2D eigenvalue weighted by Gasteiger charge is 2.70. The molecule has 456 valence electrons. The molecule has 0 spiro atoms. The molecule has 22 heteroatoms. The lowest BCUT2D eigenvalue weighted by Gasteiger charge is -2.64. The summed E-state index contributed by atoms with van der Waals surface area (Å²) in [6.45, 7) is 26.2. The number of hydrogen-bond donors (Lipinski definition) is 2. The predicted molar refractivity (Wildman–Crippen MR) is 320 cm³/mol. The molecular formula is C61H88B2Cl2N4O14. The van der Waals surface area contributed by atoms with Crippen LogP contribution in [0.1, 0.15) is 140 Å². The molecule has 0 radical (unpaired) electrons. The minimum absolute atomic E-state index is 0. The Morgan fingerprint density at radius 2 is 1.11 bits per heavy atom. The van der Waals surface area contributed by atoms with Crippen LogP contribution in [0.3, 0.4) is 0 Å². The van der Waals surface area contributed by atoms with Crippen LogP contribution in [0, 0.1) is 34.5 Å². The van der Waals surface area contributed by atoms with Gasteiger partial charge < -0.3 is 67.2 Å². The van der Waals surface area contributed by atoms with Crippen molar-refractivity contribution in [2.75, 3.05) is 26.3 Å². The maximum atomic E-state index is 13.1. The first-order valence-electron chi connectivity index (χ1n) is 29.1. The summed E-state index contributed by atoms with van der Waals surface area (Å²) in [5.41, 5.74) is 8.33. The van der Waals surface area contributed by atoms with Gasteiger partial charge in [0.2, 0.25) is 0 Å². The molecule has 2 aromatic carbocycles. The number of carbonyl (C=O) groups excluding carboxylic acids is 4. The number of rotatable bonds is 11. The summed E-state index contributed by atoms with van der Waals surface area (Å²) in [6, 6.07) is 15.6. The Bertz CT molecular complexity index is 2960. The summed E-state index contributed by atoms with van der Waals surface area (Å²) >= 11 is 5.04. The van der Waals surface area contributed by atoms with Crippen molar-refractivity contribution in [2.24, 2.45) is 40.2 Å². The van der Waals surface area contributed by atoms with Crippen molar-refractivity contribution in [3.63, 3.8) is 0 Å². The number of nitrogens with one attached hydrogen (secondary N) is 1. The highest BCUT2D eigenvalue weighted by molar-refractivity contribution is 6.61. The van der Waals surface area contributed by atoms with Crippen molar-refractivity contribution in [3.8, 4) is 0 Å². The lowest BCUT2D eigenvalue weighted by atomic mass is 9.43. The summed E-state index contributed by atoms with van der Waals surface area (Å²) in [7, 11) is -0.952. The molecule has 3 N–H and O–H groups in total. The first kappa shape index (κ1) is 64.3. The van der Waals surface area contributed by atoms with Gasteiger partial charge in [-0.15, -0.1) is 12.4 Å². The standard InChI is InChI=1S/C30H41BN2O7.C20H26BNO3.C10H16ClNO4.CH4.ClH/c1-28(2,3)38-27(35)33-12-11-20(33)17-37-26(34)32-25(13-18-16-36-22-10-8-7-9-21(18)22)31-39-24-15-19-14-23(29(19,4)5)30(24,6)40-31;1-19(2)13-9-16(19)20(3)17(10-13)24-21(25-20)18(22)8-12-11-23-15-7-5-4-6-14(12)15;1-10(2,3)16-9(14)12-5-4-7(12)6-15-8(11)13;;/h7-10,16,19-20,23-25H,11-15,17H2,1-6H3,(H,32,34);4-7,11,13,16-18H,8-10,22H2,1-3H3;7H,4-6H2,1-3H3;1H4;1H/t19-,20+,23-,24+,25-,30-;13-,16-,17+,18-,20-;7-;;/m001../s1. The Balaban J connectivity index is 0.000000179. The van der Waals surface area contributed by atoms with Gasteiger partial charge in [-0.25, -0.2) is 19.2 Å². The SMILES string of the molecule is C.CC(C)(C)OC(=O)N1CC[C@@H]1COC(=O)Cl.CC(C)(C)OC(=O)N1CC[C@@H]1COC(=O)N[C@@H](Cc1coc2ccccc12)B1O[C@@H]2C[C@@H]3C[C@@H](C3(C)C)[C@]2(C)O1.CC1(C)[C@@H]2C[C@H]3OB([C@@H](N)Cc4coc5ccccc45)O[C@@]3(C)[C@H]1C2.Cl. The van der Waals surface area contributed by atoms with Crippen LogP contribution in [0.15, 0.2) is 69.9 Å². The Hall–Kier alpha value is -4.69. The van der Waals surface area contributed by atoms with Crippen molar-refractivity contribution >= 4 is 83.9 Å². The zero-order chi connectivity index (χ0) is 58.2. The van der Waals surface area contributed by atoms with Gasteiger partial charge in [-0.2, -0.15) is 0 Å². The van der Waals surface area contributed by atoms with Crippen LogP contribution in [0.5, 0.6) is 0 Å². The summed E-state index contributed by atoms with van der Waals surface area (Å²) < 4.78 is 58.4. The minimum atomic E-state index is -0.851. The fourth-order valence-corrected chi connectivity index (χ4v) is 14.3. The molecule has 2 aromatic heterocycles. The minimum Gasteiger partial charge on any atom is -0.464 e. The van der Waals surface area contributed by atoms with E-state index in [9.17, 15) is 19.2 Å². The van der Waals surface area contributed by atoms with Crippen molar-refractivity contribution in [1.29, 1.82) is 0 Å². The number of nitrogens with zero attached hydrogens (tertiary/aromatic N) is 2. The van der Waals surface area contributed by atoms with Gasteiger partial charge in [0.1, 0.15) is 35.6 Å². The fourth-order valence-electron chi connectivity index (χ4n) is 14.2. The molecule has 3 amide bonds. The summed E-state index contributed by atoms with van der Waals surface area (Å²) in [4.78, 5) is 50.8. The molecule has 6 saturated carbocycles. The highest BCUT2D eigenvalue weighted by Crippen LogP contribution is 2.67. The smallest absolute Gasteiger partial charge is 0.464 e. The summed E-state index contributed by atoms with van der Waals surface area (Å²) in [6.07, 6.45) is 9.57. The third-order valence-corrected chi connectivity index (χ3v) is 19.4. The second kappa shape index (κ2) is 24.2. The number of benzene rings is 2. The van der Waals surface area contributed by atoms with Crippen molar-refractivity contribution in [3.05, 3.63) is 72.2 Å². The monoisotopic (exact) mass is 1190 g/mol. The van der Waals surface area contributed by atoms with Gasteiger partial charge in [-0.3, -0.25) is 0 Å². The van der Waals surface area contributed by atoms with Crippen LogP contribution in [0.2, 0.25) is 0 Å². The normalized spacial score (nSPS) is 30.0. The number of carbonyl (C=O) groups is 4. The Labute approximate surface area is 501 Å². The average molecular weight is 1190 g/mol. The van der Waals surface area contributed by atoms with E-state index < -0.39 is 41.4 Å². The van der Waals surface area contributed by atoms with Gasteiger partial charge in [-0.1, -0.05) is 71.5 Å². The van der Waals surface area contributed by atoms with Crippen molar-refractivity contribution in [1.82, 2.24) is 15.1 Å². The molecule has 12 atom stereocenters. The maximum Gasteiger partial charge on any atom is 0.482 e. The zero-order valence-electron chi connectivity index (χ0n) is 49.7. The van der Waals surface area contributed by atoms with E-state index in [4.69, 9.17) is 59.0 Å². The molecule has 6 aliphatic carbocycles. The van der Waals surface area contributed by atoms with E-state index in [0.29, 0.717) is 49.1 Å². The number of furan rings is 2. The van der Waals surface area contributed by atoms with Gasteiger partial charge in [0.25, 0.3) is 0 Å². The molecule has 4 aliphatic heterocycles. The first-order chi connectivity index (χ1) is 38.0. The lowest BCUT2D eigenvalue weighted by molar-refractivity contribution is -0.199. The topological polar surface area (TPSA) is 213 Å². The molecule has 4 aromatic rings. The van der Waals surface area contributed by atoms with Gasteiger partial charge in [0.15, 0.2) is 0 Å². The predicted octanol–water partition coefficient (Wildman–Crippen LogP) is 12.3. The Morgan fingerprint density at radius 3 is 1.54 bits per heavy atom. The number of hydrogen-bond acceptors (Lipinski definition) is 15. The van der Waals surface area contributed by atoms with Crippen LogP contribution >= 0.6 is 24.0 Å². The number of nitrogens with two attached hydrogens (primary N) is 1. The third-order valence-electron chi connectivity index (χ3n) is 19.3. The number of amides is 3. The number of halogens is 2.